The van der Waals surface area contributed by atoms with Crippen molar-refractivity contribution < 1.29 is 19.3 Å². The lowest BCUT2D eigenvalue weighted by atomic mass is 10.2. The molecule has 0 rings (SSSR count). The number of carbonyl (C=O) groups excluding carboxylic acids is 2. The van der Waals surface area contributed by atoms with E-state index in [4.69, 9.17) is 0 Å². The minimum atomic E-state index is -0.775. The van der Waals surface area contributed by atoms with Crippen LogP contribution in [0.2, 0.25) is 0 Å². The number of hydrogen-bond donors (Lipinski definition) is 2. The molecular formula is C6H10N2O4. The Morgan fingerprint density at radius 1 is 1.33 bits per heavy atom. The molecule has 12 heavy (non-hydrogen) atoms. The molecule has 68 valence electrons. The van der Waals surface area contributed by atoms with E-state index in [0.29, 0.717) is 0 Å². The second kappa shape index (κ2) is 5.28. The molecule has 0 aliphatic heterocycles. The normalized spacial score (nSPS) is 10.8. The summed E-state index contributed by atoms with van der Waals surface area (Å²) < 4.78 is 0. The minimum absolute atomic E-state index is 0.105. The summed E-state index contributed by atoms with van der Waals surface area (Å²) in [7, 11) is 0. The van der Waals surface area contributed by atoms with E-state index in [1.165, 1.54) is 6.08 Å². The van der Waals surface area contributed by atoms with Crippen LogP contribution in [0.1, 0.15) is 13.3 Å². The maximum Gasteiger partial charge on any atom is 0.352 e. The average molecular weight is 174 g/mol. The number of carbonyl (C=O) groups is 2. The van der Waals surface area contributed by atoms with E-state index in [1.807, 2.05) is 0 Å². The van der Waals surface area contributed by atoms with Crippen LogP contribution in [0.4, 0.5) is 0 Å². The number of hydrogen-bond acceptors (Lipinski definition) is 6. The summed E-state index contributed by atoms with van der Waals surface area (Å²) in [5.74, 6) is 7.65. The zero-order valence-electron chi connectivity index (χ0n) is 6.57. The first-order valence-corrected chi connectivity index (χ1v) is 3.11. The first kappa shape index (κ1) is 10.6. The van der Waals surface area contributed by atoms with Crippen molar-refractivity contribution in [3.8, 4) is 0 Å². The van der Waals surface area contributed by atoms with Gasteiger partial charge in [0, 0.05) is 5.57 Å². The lowest BCUT2D eigenvalue weighted by Crippen LogP contribution is -2.17. The van der Waals surface area contributed by atoms with Crippen LogP contribution in [0.25, 0.3) is 0 Å². The molecule has 0 bridgehead atoms. The van der Waals surface area contributed by atoms with Crippen molar-refractivity contribution in [3.63, 3.8) is 0 Å². The van der Waals surface area contributed by atoms with E-state index in [1.54, 1.807) is 6.92 Å². The summed E-state index contributed by atoms with van der Waals surface area (Å²) in [6.07, 6.45) is 1.15. The van der Waals surface area contributed by atoms with Gasteiger partial charge in [0.05, 0.1) is 6.42 Å². The molecule has 0 amide bonds. The van der Waals surface area contributed by atoms with Gasteiger partial charge in [-0.1, -0.05) is 6.08 Å². The molecule has 6 heteroatoms. The second-order valence-electron chi connectivity index (χ2n) is 1.89. The van der Waals surface area contributed by atoms with Crippen LogP contribution in [0.5, 0.6) is 0 Å². The van der Waals surface area contributed by atoms with E-state index in [0.717, 1.165) is 0 Å². The van der Waals surface area contributed by atoms with Gasteiger partial charge in [0.25, 0.3) is 0 Å². The predicted molar refractivity (Wildman–Crippen MR) is 38.9 cm³/mol. The summed E-state index contributed by atoms with van der Waals surface area (Å²) in [5.41, 5.74) is 0.105. The van der Waals surface area contributed by atoms with E-state index in [-0.39, 0.29) is 12.0 Å². The fourth-order valence-electron chi connectivity index (χ4n) is 0.565. The molecule has 0 aliphatic carbocycles. The van der Waals surface area contributed by atoms with Crippen LogP contribution in [0.15, 0.2) is 11.6 Å². The number of allylic oxidation sites excluding steroid dienone is 1. The summed E-state index contributed by atoms with van der Waals surface area (Å²) >= 11 is 0. The standard InChI is InChI=1S/C6H10N2O4/c1-2-4(6(10)12-8)3-5(9)11-7/h2H,3,7-8H2,1H3. The van der Waals surface area contributed by atoms with E-state index in [2.05, 4.69) is 21.5 Å². The highest BCUT2D eigenvalue weighted by atomic mass is 16.7. The van der Waals surface area contributed by atoms with Gasteiger partial charge in [-0.25, -0.2) is 4.79 Å². The van der Waals surface area contributed by atoms with Crippen molar-refractivity contribution in [2.75, 3.05) is 0 Å². The smallest absolute Gasteiger partial charge is 0.352 e. The quantitative estimate of drug-likeness (QED) is 0.426. The molecule has 0 aromatic carbocycles. The molecule has 4 N–H and O–H groups in total. The van der Waals surface area contributed by atoms with Gasteiger partial charge in [-0.15, -0.1) is 0 Å². The Balaban J connectivity index is 4.20. The monoisotopic (exact) mass is 174 g/mol. The first-order chi connectivity index (χ1) is 5.65. The lowest BCUT2D eigenvalue weighted by molar-refractivity contribution is -0.146. The molecule has 0 aliphatic rings. The maximum atomic E-state index is 10.7. The third kappa shape index (κ3) is 3.13. The zero-order valence-corrected chi connectivity index (χ0v) is 6.57. The van der Waals surface area contributed by atoms with Crippen LogP contribution in [0.3, 0.4) is 0 Å². The Morgan fingerprint density at radius 3 is 2.25 bits per heavy atom. The van der Waals surface area contributed by atoms with Crippen molar-refractivity contribution in [2.24, 2.45) is 11.8 Å². The van der Waals surface area contributed by atoms with Crippen molar-refractivity contribution in [1.82, 2.24) is 0 Å². The molecule has 0 atom stereocenters. The molecule has 6 nitrogen and oxygen atoms in total. The van der Waals surface area contributed by atoms with Crippen LogP contribution in [0, 0.1) is 0 Å². The zero-order chi connectivity index (χ0) is 9.56. The second-order valence-corrected chi connectivity index (χ2v) is 1.89. The third-order valence-electron chi connectivity index (χ3n) is 1.18. The van der Waals surface area contributed by atoms with E-state index in [9.17, 15) is 9.59 Å². The number of rotatable bonds is 3. The van der Waals surface area contributed by atoms with Gasteiger partial charge in [-0.05, 0) is 6.92 Å². The SMILES string of the molecule is CC=C(CC(=O)ON)C(=O)ON. The third-order valence-corrected chi connectivity index (χ3v) is 1.18. The molecule has 0 heterocycles. The van der Waals surface area contributed by atoms with Crippen LogP contribution >= 0.6 is 0 Å². The average Bonchev–Trinajstić information content (AvgIpc) is 2.12. The Labute approximate surface area is 69.0 Å². The minimum Gasteiger partial charge on any atom is -0.373 e. The predicted octanol–water partition coefficient (Wildman–Crippen LogP) is -0.843. The molecule has 0 fully saturated rings. The molecule has 0 spiro atoms. The molecule has 0 aromatic heterocycles. The van der Waals surface area contributed by atoms with Gasteiger partial charge in [0.15, 0.2) is 0 Å². The fourth-order valence-corrected chi connectivity index (χ4v) is 0.565. The number of nitrogens with two attached hydrogens (primary N) is 2. The van der Waals surface area contributed by atoms with Gasteiger partial charge in [0.2, 0.25) is 0 Å². The lowest BCUT2D eigenvalue weighted by Gasteiger charge is -2.00. The Bertz CT molecular complexity index is 212. The van der Waals surface area contributed by atoms with Crippen molar-refractivity contribution in [3.05, 3.63) is 11.6 Å². The highest BCUT2D eigenvalue weighted by Crippen LogP contribution is 2.03. The first-order valence-electron chi connectivity index (χ1n) is 3.11. The van der Waals surface area contributed by atoms with Crippen LogP contribution < -0.4 is 11.8 Å². The highest BCUT2D eigenvalue weighted by molar-refractivity contribution is 5.93. The summed E-state index contributed by atoms with van der Waals surface area (Å²) in [5, 5.41) is 0. The van der Waals surface area contributed by atoms with Gasteiger partial charge >= 0.3 is 11.9 Å². The Morgan fingerprint density at radius 2 is 1.92 bits per heavy atom. The maximum absolute atomic E-state index is 10.7. The van der Waals surface area contributed by atoms with Gasteiger partial charge in [-0.2, -0.15) is 11.8 Å². The fraction of sp³-hybridized carbons (Fsp3) is 0.333. The van der Waals surface area contributed by atoms with Gasteiger partial charge in [-0.3, -0.25) is 4.79 Å². The summed E-state index contributed by atoms with van der Waals surface area (Å²) in [4.78, 5) is 29.0. The largest absolute Gasteiger partial charge is 0.373 e. The molecule has 0 aromatic rings. The Hall–Kier alpha value is -1.40. The van der Waals surface area contributed by atoms with Gasteiger partial charge < -0.3 is 9.68 Å². The summed E-state index contributed by atoms with van der Waals surface area (Å²) in [6, 6.07) is 0. The van der Waals surface area contributed by atoms with Crippen LogP contribution in [-0.4, -0.2) is 11.9 Å². The topological polar surface area (TPSA) is 105 Å². The Kier molecular flexibility index (Phi) is 4.66. The highest BCUT2D eigenvalue weighted by Gasteiger charge is 2.13. The molecule has 0 saturated heterocycles. The molecular weight excluding hydrogens is 164 g/mol. The van der Waals surface area contributed by atoms with Crippen molar-refractivity contribution in [1.29, 1.82) is 0 Å². The van der Waals surface area contributed by atoms with Crippen LogP contribution in [-0.2, 0) is 19.3 Å². The summed E-state index contributed by atoms with van der Waals surface area (Å²) in [6.45, 7) is 1.57. The molecule has 0 unspecified atom stereocenters. The van der Waals surface area contributed by atoms with Crippen molar-refractivity contribution in [2.45, 2.75) is 13.3 Å². The van der Waals surface area contributed by atoms with E-state index < -0.39 is 11.9 Å². The van der Waals surface area contributed by atoms with Gasteiger partial charge in [0.1, 0.15) is 0 Å². The van der Waals surface area contributed by atoms with Crippen molar-refractivity contribution >= 4 is 11.9 Å². The van der Waals surface area contributed by atoms with E-state index >= 15 is 0 Å². The molecule has 0 saturated carbocycles. The molecule has 0 radical (unpaired) electrons.